The molecule has 3 N–H and O–H groups in total. The lowest BCUT2D eigenvalue weighted by atomic mass is 9.83. The zero-order chi connectivity index (χ0) is 25.3. The first-order chi connectivity index (χ1) is 16.6. The van der Waals surface area contributed by atoms with Crippen LogP contribution in [0, 0.1) is 11.3 Å². The quantitative estimate of drug-likeness (QED) is 0.476. The van der Waals surface area contributed by atoms with E-state index in [1.165, 1.54) is 27.9 Å². The van der Waals surface area contributed by atoms with Gasteiger partial charge in [0.1, 0.15) is 18.3 Å². The van der Waals surface area contributed by atoms with Gasteiger partial charge in [-0.3, -0.25) is 9.59 Å². The molecule has 1 amide bonds. The molecule has 0 spiro atoms. The number of benzene rings is 1. The second-order valence-corrected chi connectivity index (χ2v) is 9.25. The van der Waals surface area contributed by atoms with Crippen molar-refractivity contribution in [1.82, 2.24) is 19.4 Å². The van der Waals surface area contributed by atoms with Crippen molar-refractivity contribution in [2.24, 2.45) is 0 Å². The van der Waals surface area contributed by atoms with Crippen LogP contribution in [0.5, 0.6) is 0 Å². The Morgan fingerprint density at radius 3 is 2.86 bits per heavy atom. The van der Waals surface area contributed by atoms with E-state index in [1.54, 1.807) is 26.2 Å². The fourth-order valence-electron chi connectivity index (χ4n) is 3.86. The third kappa shape index (κ3) is 4.69. The van der Waals surface area contributed by atoms with Crippen LogP contribution in [0.3, 0.4) is 0 Å². The van der Waals surface area contributed by atoms with Crippen LogP contribution in [-0.2, 0) is 16.8 Å². The number of aliphatic hydroxyl groups excluding tert-OH is 1. The van der Waals surface area contributed by atoms with Crippen LogP contribution in [-0.4, -0.2) is 57.7 Å². The molecule has 1 aliphatic rings. The van der Waals surface area contributed by atoms with Crippen molar-refractivity contribution in [2.45, 2.75) is 18.9 Å². The molecule has 1 aliphatic heterocycles. The van der Waals surface area contributed by atoms with Crippen molar-refractivity contribution in [2.75, 3.05) is 37.9 Å². The summed E-state index contributed by atoms with van der Waals surface area (Å²) < 4.78 is 1.22. The summed E-state index contributed by atoms with van der Waals surface area (Å²) in [5.74, 6) is -0.109. The minimum Gasteiger partial charge on any atom is -0.395 e. The summed E-state index contributed by atoms with van der Waals surface area (Å²) in [5, 5.41) is 26.0. The Kier molecular flexibility index (Phi) is 6.47. The molecule has 0 bridgehead atoms. The molecular formula is C24H24ClN7O3. The molecule has 0 radical (unpaired) electrons. The van der Waals surface area contributed by atoms with Crippen LogP contribution in [0.25, 0.3) is 11.3 Å². The summed E-state index contributed by atoms with van der Waals surface area (Å²) in [6.07, 6.45) is 2.93. The number of nitrogens with zero attached hydrogens (tertiary/aromatic N) is 5. The minimum absolute atomic E-state index is 0.0741. The van der Waals surface area contributed by atoms with Crippen molar-refractivity contribution in [1.29, 1.82) is 5.26 Å². The number of carbonyl (C=O) groups excluding carboxylic acids is 1. The van der Waals surface area contributed by atoms with E-state index in [0.29, 0.717) is 29.1 Å². The highest BCUT2D eigenvalue weighted by atomic mass is 35.5. The first-order valence-corrected chi connectivity index (χ1v) is 11.2. The molecular weight excluding hydrogens is 470 g/mol. The summed E-state index contributed by atoms with van der Waals surface area (Å²) in [4.78, 5) is 35.1. The lowest BCUT2D eigenvalue weighted by molar-refractivity contribution is -0.129. The van der Waals surface area contributed by atoms with Gasteiger partial charge in [-0.25, -0.2) is 9.97 Å². The summed E-state index contributed by atoms with van der Waals surface area (Å²) in [7, 11) is 3.21. The average molecular weight is 494 g/mol. The van der Waals surface area contributed by atoms with Gasteiger partial charge < -0.3 is 25.2 Å². The fourth-order valence-corrected chi connectivity index (χ4v) is 4.08. The van der Waals surface area contributed by atoms with Crippen molar-refractivity contribution in [3.63, 3.8) is 0 Å². The van der Waals surface area contributed by atoms with E-state index >= 15 is 0 Å². The number of halogens is 1. The lowest BCUT2D eigenvalue weighted by Crippen LogP contribution is -2.32. The van der Waals surface area contributed by atoms with Crippen LogP contribution in [0.15, 0.2) is 41.5 Å². The number of rotatable bonds is 6. The van der Waals surface area contributed by atoms with Crippen LogP contribution >= 0.6 is 11.6 Å². The standard InChI is InChI=1S/C24H24ClN7O3/c1-24(13-33)12-28-21-15(9-26)6-14(7-17(21)24)18-4-5-27-23(29-18)30-19-8-16(25)10-32(22(19)35)11-20(34)31(2)3/h4-8,10,28,33H,11-13H2,1-3H3,(H,27,29,30)/t24-/m1/s1. The first kappa shape index (κ1) is 24.2. The molecule has 35 heavy (non-hydrogen) atoms. The number of aliphatic hydroxyl groups is 1. The van der Waals surface area contributed by atoms with E-state index in [0.717, 1.165) is 5.56 Å². The summed E-state index contributed by atoms with van der Waals surface area (Å²) in [5.41, 5.74) is 2.34. The van der Waals surface area contributed by atoms with Crippen molar-refractivity contribution < 1.29 is 9.90 Å². The Morgan fingerprint density at radius 1 is 1.40 bits per heavy atom. The average Bonchev–Trinajstić information content (AvgIpc) is 3.18. The molecule has 1 atom stereocenters. The molecule has 11 heteroatoms. The highest BCUT2D eigenvalue weighted by Gasteiger charge is 2.36. The number of fused-ring (bicyclic) bond motifs is 1. The SMILES string of the molecule is CN(C)C(=O)Cn1cc(Cl)cc(Nc2nccc(-c3cc(C#N)c4c(c3)[C@@](C)(CO)CN4)n2)c1=O. The van der Waals surface area contributed by atoms with E-state index in [9.17, 15) is 20.0 Å². The smallest absolute Gasteiger partial charge is 0.274 e. The van der Waals surface area contributed by atoms with E-state index in [2.05, 4.69) is 26.7 Å². The van der Waals surface area contributed by atoms with Gasteiger partial charge in [0, 0.05) is 44.0 Å². The van der Waals surface area contributed by atoms with Crippen LogP contribution in [0.4, 0.5) is 17.3 Å². The Hall–Kier alpha value is -3.94. The zero-order valence-electron chi connectivity index (χ0n) is 19.5. The molecule has 1 aromatic carbocycles. The fraction of sp³-hybridized carbons (Fsp3) is 0.292. The van der Waals surface area contributed by atoms with Crippen LogP contribution in [0.2, 0.25) is 5.02 Å². The second-order valence-electron chi connectivity index (χ2n) is 8.81. The second kappa shape index (κ2) is 9.37. The maximum Gasteiger partial charge on any atom is 0.274 e. The number of pyridine rings is 1. The Labute approximate surface area is 206 Å². The number of hydrogen-bond donors (Lipinski definition) is 3. The number of likely N-dealkylation sites (N-methyl/N-ethyl adjacent to an activating group) is 1. The Bertz CT molecular complexity index is 1410. The Morgan fingerprint density at radius 2 is 2.17 bits per heavy atom. The number of carbonyl (C=O) groups is 1. The van der Waals surface area contributed by atoms with E-state index in [-0.39, 0.29) is 35.7 Å². The van der Waals surface area contributed by atoms with E-state index in [1.807, 2.05) is 13.0 Å². The maximum absolute atomic E-state index is 12.9. The molecule has 180 valence electrons. The monoisotopic (exact) mass is 493 g/mol. The van der Waals surface area contributed by atoms with Gasteiger partial charge in [0.2, 0.25) is 11.9 Å². The maximum atomic E-state index is 12.9. The molecule has 4 rings (SSSR count). The number of nitriles is 1. The normalized spacial score (nSPS) is 16.2. The number of anilines is 3. The highest BCUT2D eigenvalue weighted by Crippen LogP contribution is 2.41. The predicted octanol–water partition coefficient (Wildman–Crippen LogP) is 2.34. The van der Waals surface area contributed by atoms with Crippen molar-refractivity contribution in [3.05, 3.63) is 63.2 Å². The van der Waals surface area contributed by atoms with Gasteiger partial charge in [-0.05, 0) is 29.8 Å². The van der Waals surface area contributed by atoms with Crippen molar-refractivity contribution in [3.8, 4) is 17.3 Å². The van der Waals surface area contributed by atoms with Gasteiger partial charge in [-0.1, -0.05) is 18.5 Å². The van der Waals surface area contributed by atoms with Gasteiger partial charge in [0.15, 0.2) is 0 Å². The number of aromatic nitrogens is 3. The third-order valence-corrected chi connectivity index (χ3v) is 6.17. The summed E-state index contributed by atoms with van der Waals surface area (Å²) >= 11 is 6.18. The first-order valence-electron chi connectivity index (χ1n) is 10.8. The van der Waals surface area contributed by atoms with Crippen LogP contribution in [0.1, 0.15) is 18.1 Å². The third-order valence-electron chi connectivity index (χ3n) is 5.97. The van der Waals surface area contributed by atoms with Crippen molar-refractivity contribution >= 4 is 34.8 Å². The van der Waals surface area contributed by atoms with Gasteiger partial charge in [-0.15, -0.1) is 0 Å². The number of amides is 1. The molecule has 0 saturated heterocycles. The molecule has 3 heterocycles. The Balaban J connectivity index is 1.70. The van der Waals surface area contributed by atoms with Gasteiger partial charge in [0.25, 0.3) is 5.56 Å². The minimum atomic E-state index is -0.527. The summed E-state index contributed by atoms with van der Waals surface area (Å²) in [6, 6.07) is 8.96. The lowest BCUT2D eigenvalue weighted by Gasteiger charge is -2.21. The molecule has 0 aliphatic carbocycles. The van der Waals surface area contributed by atoms with Gasteiger partial charge in [0.05, 0.1) is 28.6 Å². The number of hydrogen-bond acceptors (Lipinski definition) is 8. The van der Waals surface area contributed by atoms with E-state index < -0.39 is 11.0 Å². The molecule has 3 aromatic rings. The van der Waals surface area contributed by atoms with Gasteiger partial charge in [-0.2, -0.15) is 5.26 Å². The summed E-state index contributed by atoms with van der Waals surface area (Å²) in [6.45, 7) is 2.21. The molecule has 0 saturated carbocycles. The molecule has 10 nitrogen and oxygen atoms in total. The van der Waals surface area contributed by atoms with Gasteiger partial charge >= 0.3 is 0 Å². The number of nitrogens with one attached hydrogen (secondary N) is 2. The molecule has 2 aromatic heterocycles. The molecule has 0 fully saturated rings. The highest BCUT2D eigenvalue weighted by molar-refractivity contribution is 6.30. The topological polar surface area (TPSA) is 136 Å². The predicted molar refractivity (Wildman–Crippen MR) is 133 cm³/mol. The largest absolute Gasteiger partial charge is 0.395 e. The zero-order valence-corrected chi connectivity index (χ0v) is 20.2. The molecule has 0 unspecified atom stereocenters. The van der Waals surface area contributed by atoms with E-state index in [4.69, 9.17) is 11.6 Å². The van der Waals surface area contributed by atoms with Crippen LogP contribution < -0.4 is 16.2 Å².